The quantitative estimate of drug-likeness (QED) is 0.217. The summed E-state index contributed by atoms with van der Waals surface area (Å²) in [6.45, 7) is 0.0756. The molecule has 172 valence electrons. The van der Waals surface area contributed by atoms with Crippen LogP contribution in [0.15, 0.2) is 10.7 Å². The molecule has 0 bridgehead atoms. The van der Waals surface area contributed by atoms with E-state index in [4.69, 9.17) is 13.9 Å². The summed E-state index contributed by atoms with van der Waals surface area (Å²) >= 11 is 0. The molecular formula is C18H28O12. The maximum atomic E-state index is 10.9. The highest BCUT2D eigenvalue weighted by molar-refractivity contribution is 5.35. The zero-order valence-electron chi connectivity index (χ0n) is 16.1. The fourth-order valence-corrected chi connectivity index (χ4v) is 3.96. The molecule has 0 radical (unpaired) electrons. The van der Waals surface area contributed by atoms with Crippen molar-refractivity contribution in [2.45, 2.75) is 80.7 Å². The monoisotopic (exact) mass is 436 g/mol. The predicted octanol–water partition coefficient (Wildman–Crippen LogP) is -3.81. The molecule has 3 rings (SSSR count). The molecular weight excluding hydrogens is 408 g/mol. The molecule has 3 heterocycles. The highest BCUT2D eigenvalue weighted by Gasteiger charge is 2.49. The van der Waals surface area contributed by atoms with Gasteiger partial charge in [-0.25, -0.2) is 0 Å². The van der Waals surface area contributed by atoms with E-state index >= 15 is 0 Å². The summed E-state index contributed by atoms with van der Waals surface area (Å²) in [6, 6.07) is 0. The molecule has 0 amide bonds. The summed E-state index contributed by atoms with van der Waals surface area (Å²) in [5, 5.41) is 90.5. The lowest BCUT2D eigenvalue weighted by Crippen LogP contribution is -2.60. The van der Waals surface area contributed by atoms with Crippen LogP contribution in [0.1, 0.15) is 36.0 Å². The zero-order valence-corrected chi connectivity index (χ0v) is 16.1. The van der Waals surface area contributed by atoms with Crippen molar-refractivity contribution >= 4 is 0 Å². The van der Waals surface area contributed by atoms with Crippen molar-refractivity contribution in [1.82, 2.24) is 0 Å². The Morgan fingerprint density at radius 3 is 2.10 bits per heavy atom. The van der Waals surface area contributed by atoms with E-state index in [1.54, 1.807) is 0 Å². The van der Waals surface area contributed by atoms with E-state index in [-0.39, 0.29) is 16.9 Å². The number of ether oxygens (including phenoxy) is 2. The van der Waals surface area contributed by atoms with Crippen molar-refractivity contribution in [2.75, 3.05) is 6.61 Å². The van der Waals surface area contributed by atoms with Crippen molar-refractivity contribution in [1.29, 1.82) is 0 Å². The van der Waals surface area contributed by atoms with Crippen molar-refractivity contribution in [3.8, 4) is 0 Å². The second-order valence-electron chi connectivity index (χ2n) is 7.66. The van der Waals surface area contributed by atoms with Crippen LogP contribution >= 0.6 is 0 Å². The smallest absolute Gasteiger partial charge is 0.135 e. The molecule has 0 aliphatic carbocycles. The highest BCUT2D eigenvalue weighted by atomic mass is 16.6. The van der Waals surface area contributed by atoms with Gasteiger partial charge in [0.2, 0.25) is 0 Å². The van der Waals surface area contributed by atoms with Crippen LogP contribution in [0, 0.1) is 0 Å². The van der Waals surface area contributed by atoms with Crippen LogP contribution in [0.5, 0.6) is 0 Å². The zero-order chi connectivity index (χ0) is 22.3. The van der Waals surface area contributed by atoms with E-state index in [2.05, 4.69) is 0 Å². The van der Waals surface area contributed by atoms with Gasteiger partial charge in [-0.3, -0.25) is 0 Å². The lowest BCUT2D eigenvalue weighted by Gasteiger charge is -2.42. The van der Waals surface area contributed by atoms with Gasteiger partial charge in [-0.1, -0.05) is 0 Å². The maximum absolute atomic E-state index is 10.9. The van der Waals surface area contributed by atoms with E-state index in [9.17, 15) is 46.0 Å². The van der Waals surface area contributed by atoms with Crippen molar-refractivity contribution in [2.24, 2.45) is 0 Å². The van der Waals surface area contributed by atoms with Crippen molar-refractivity contribution in [3.05, 3.63) is 23.2 Å². The van der Waals surface area contributed by atoms with Gasteiger partial charge >= 0.3 is 0 Å². The molecule has 12 heteroatoms. The molecule has 3 unspecified atom stereocenters. The Kier molecular flexibility index (Phi) is 7.16. The topological polar surface area (TPSA) is 214 Å². The third-order valence-corrected chi connectivity index (χ3v) is 5.78. The summed E-state index contributed by atoms with van der Waals surface area (Å²) in [6.07, 6.45) is -15.3. The molecule has 0 saturated carbocycles. The Bertz CT molecular complexity index is 707. The first-order valence-corrected chi connectivity index (χ1v) is 9.53. The molecule has 2 aliphatic heterocycles. The number of aliphatic hydroxyl groups excluding tert-OH is 9. The maximum Gasteiger partial charge on any atom is 0.135 e. The minimum Gasteiger partial charge on any atom is -0.466 e. The minimum absolute atomic E-state index is 0.0220. The van der Waals surface area contributed by atoms with Crippen LogP contribution in [0.4, 0.5) is 0 Å². The first-order valence-electron chi connectivity index (χ1n) is 9.53. The van der Waals surface area contributed by atoms with Gasteiger partial charge in [-0.2, -0.15) is 0 Å². The molecule has 9 N–H and O–H groups in total. The van der Waals surface area contributed by atoms with E-state index in [0.717, 1.165) is 6.26 Å². The van der Waals surface area contributed by atoms with Crippen LogP contribution in [-0.2, 0) is 16.1 Å². The predicted molar refractivity (Wildman–Crippen MR) is 94.7 cm³/mol. The van der Waals surface area contributed by atoms with Crippen LogP contribution in [0.3, 0.4) is 0 Å². The van der Waals surface area contributed by atoms with E-state index in [0.29, 0.717) is 0 Å². The molecule has 2 aliphatic rings. The third kappa shape index (κ3) is 3.89. The summed E-state index contributed by atoms with van der Waals surface area (Å²) < 4.78 is 16.2. The van der Waals surface area contributed by atoms with E-state index in [1.807, 2.05) is 0 Å². The third-order valence-electron chi connectivity index (χ3n) is 5.78. The Hall–Kier alpha value is -1.16. The van der Waals surface area contributed by atoms with Gasteiger partial charge in [0.05, 0.1) is 19.0 Å². The molecule has 2 saturated heterocycles. The largest absolute Gasteiger partial charge is 0.466 e. The van der Waals surface area contributed by atoms with Crippen molar-refractivity contribution < 1.29 is 59.8 Å². The van der Waals surface area contributed by atoms with Gasteiger partial charge in [0, 0.05) is 11.1 Å². The lowest BCUT2D eigenvalue weighted by atomic mass is 9.85. The lowest BCUT2D eigenvalue weighted by molar-refractivity contribution is -0.250. The summed E-state index contributed by atoms with van der Waals surface area (Å²) in [7, 11) is 0. The molecule has 1 aromatic heterocycles. The van der Waals surface area contributed by atoms with Gasteiger partial charge in [0.15, 0.2) is 0 Å². The average Bonchev–Trinajstić information content (AvgIpc) is 3.16. The fourth-order valence-electron chi connectivity index (χ4n) is 3.96. The van der Waals surface area contributed by atoms with Crippen LogP contribution in [0.2, 0.25) is 0 Å². The number of furan rings is 1. The van der Waals surface area contributed by atoms with Crippen molar-refractivity contribution in [3.63, 3.8) is 0 Å². The summed E-state index contributed by atoms with van der Waals surface area (Å²) in [5.41, 5.74) is -0.101. The standard InChI is InChI=1S/C18H28O12/c1-5-10(21)13(24)15(26)17(29-5)6-4-28-7(2-19)9(6)12(23)18-16(27)14(25)11(22)8(3-20)30-18/h4-5,8,10-27H,2-3H2,1H3/t5-,8-,10+,11+,12?,13+,14+,15-,16-,17?,18?/m1/s1. The number of rotatable bonds is 5. The second kappa shape index (κ2) is 9.14. The highest BCUT2D eigenvalue weighted by Crippen LogP contribution is 2.41. The molecule has 12 nitrogen and oxygen atoms in total. The molecule has 11 atom stereocenters. The van der Waals surface area contributed by atoms with Gasteiger partial charge in [0.25, 0.3) is 0 Å². The first-order chi connectivity index (χ1) is 14.1. The Labute approximate surface area is 171 Å². The van der Waals surface area contributed by atoms with E-state index < -0.39 is 80.4 Å². The average molecular weight is 436 g/mol. The van der Waals surface area contributed by atoms with Gasteiger partial charge < -0.3 is 59.8 Å². The number of hydrogen-bond acceptors (Lipinski definition) is 12. The van der Waals surface area contributed by atoms with Gasteiger partial charge in [0.1, 0.15) is 73.4 Å². The van der Waals surface area contributed by atoms with Crippen LogP contribution < -0.4 is 0 Å². The fraction of sp³-hybridized carbons (Fsp3) is 0.778. The Balaban J connectivity index is 1.97. The number of hydrogen-bond donors (Lipinski definition) is 9. The molecule has 0 aromatic carbocycles. The minimum atomic E-state index is -1.77. The molecule has 30 heavy (non-hydrogen) atoms. The molecule has 0 spiro atoms. The van der Waals surface area contributed by atoms with Crippen LogP contribution in [0.25, 0.3) is 0 Å². The van der Waals surface area contributed by atoms with Gasteiger partial charge in [-0.05, 0) is 6.92 Å². The van der Waals surface area contributed by atoms with Gasteiger partial charge in [-0.15, -0.1) is 0 Å². The summed E-state index contributed by atoms with van der Waals surface area (Å²) in [4.78, 5) is 0. The second-order valence-corrected chi connectivity index (χ2v) is 7.66. The molecule has 2 fully saturated rings. The first kappa shape index (κ1) is 23.5. The van der Waals surface area contributed by atoms with Crippen LogP contribution in [-0.4, -0.2) is 108 Å². The molecule has 1 aromatic rings. The number of aliphatic hydroxyl groups is 9. The SMILES string of the molecule is C[C@H]1OC(c2coc(CO)c2C(O)C2O[C@H](CO)[C@H](O)[C@H](O)[C@H]2O)[C@H](O)[C@@H](O)[C@H]1O. The summed E-state index contributed by atoms with van der Waals surface area (Å²) in [5.74, 6) is -0.154. The Morgan fingerprint density at radius 2 is 1.50 bits per heavy atom. The van der Waals surface area contributed by atoms with E-state index in [1.165, 1.54) is 6.92 Å². The normalized spacial score (nSPS) is 43.5. The Morgan fingerprint density at radius 1 is 0.867 bits per heavy atom.